The van der Waals surface area contributed by atoms with Crippen molar-refractivity contribution in [3.05, 3.63) is 41.2 Å². The van der Waals surface area contributed by atoms with E-state index in [1.54, 1.807) is 0 Å². The van der Waals surface area contributed by atoms with E-state index in [-0.39, 0.29) is 16.7 Å². The molecule has 0 fully saturated rings. The highest BCUT2D eigenvalue weighted by molar-refractivity contribution is 6.34. The molecule has 2 rings (SSSR count). The number of benzene rings is 1. The van der Waals surface area contributed by atoms with Crippen LogP contribution in [-0.2, 0) is 6.42 Å². The molecule has 0 spiro atoms. The van der Waals surface area contributed by atoms with Gasteiger partial charge in [-0.25, -0.2) is 4.98 Å². The van der Waals surface area contributed by atoms with Gasteiger partial charge in [0.2, 0.25) is 5.88 Å². The third kappa shape index (κ3) is 2.47. The highest BCUT2D eigenvalue weighted by Crippen LogP contribution is 2.31. The quantitative estimate of drug-likeness (QED) is 0.908. The molecule has 17 heavy (non-hydrogen) atoms. The smallest absolute Gasteiger partial charge is 0.243 e. The molecule has 1 aromatic carbocycles. The number of hydrogen-bond donors (Lipinski definition) is 1. The molecule has 2 N–H and O–H groups in total. The van der Waals surface area contributed by atoms with Gasteiger partial charge in [0.05, 0.1) is 0 Å². The molecule has 2 aromatic rings. The predicted octanol–water partition coefficient (Wildman–Crippen LogP) is 3.07. The number of para-hydroxylation sites is 1. The van der Waals surface area contributed by atoms with Crippen LogP contribution in [0.15, 0.2) is 30.6 Å². The normalized spacial score (nSPS) is 10.2. The molecule has 5 heteroatoms. The van der Waals surface area contributed by atoms with Gasteiger partial charge < -0.3 is 10.5 Å². The monoisotopic (exact) mass is 249 g/mol. The van der Waals surface area contributed by atoms with Crippen LogP contribution in [0.25, 0.3) is 0 Å². The van der Waals surface area contributed by atoms with Crippen LogP contribution in [0, 0.1) is 0 Å². The van der Waals surface area contributed by atoms with E-state index in [1.165, 1.54) is 6.33 Å². The van der Waals surface area contributed by atoms with E-state index < -0.39 is 0 Å². The number of anilines is 1. The lowest BCUT2D eigenvalue weighted by atomic mass is 10.1. The average molecular weight is 250 g/mol. The van der Waals surface area contributed by atoms with Gasteiger partial charge in [-0.1, -0.05) is 36.7 Å². The molecular formula is C12H12ClN3O. The summed E-state index contributed by atoms with van der Waals surface area (Å²) < 4.78 is 5.65. The standard InChI is InChI=1S/C12H12ClN3O/c1-2-8-5-3-4-6-9(8)17-12-10(13)11(14)15-7-16-12/h3-7H,2H2,1H3,(H2,14,15,16). The molecule has 0 aliphatic carbocycles. The Labute approximate surface area is 104 Å². The number of rotatable bonds is 3. The lowest BCUT2D eigenvalue weighted by molar-refractivity contribution is 0.457. The zero-order valence-corrected chi connectivity index (χ0v) is 10.1. The van der Waals surface area contributed by atoms with Crippen molar-refractivity contribution in [3.63, 3.8) is 0 Å². The summed E-state index contributed by atoms with van der Waals surface area (Å²) in [5.74, 6) is 1.22. The zero-order valence-electron chi connectivity index (χ0n) is 9.35. The van der Waals surface area contributed by atoms with Crippen LogP contribution in [0.1, 0.15) is 12.5 Å². The van der Waals surface area contributed by atoms with E-state index in [9.17, 15) is 0 Å². The second kappa shape index (κ2) is 5.01. The van der Waals surface area contributed by atoms with Crippen LogP contribution in [0.5, 0.6) is 11.6 Å². The van der Waals surface area contributed by atoms with Crippen molar-refractivity contribution in [1.82, 2.24) is 9.97 Å². The van der Waals surface area contributed by atoms with Crippen molar-refractivity contribution in [3.8, 4) is 11.6 Å². The molecule has 1 heterocycles. The molecule has 0 saturated heterocycles. The highest BCUT2D eigenvalue weighted by Gasteiger charge is 2.10. The van der Waals surface area contributed by atoms with Gasteiger partial charge in [-0.3, -0.25) is 0 Å². The fourth-order valence-electron chi connectivity index (χ4n) is 1.44. The first-order chi connectivity index (χ1) is 8.22. The Bertz CT molecular complexity index is 531. The van der Waals surface area contributed by atoms with Crippen LogP contribution in [0.3, 0.4) is 0 Å². The number of ether oxygens (including phenoxy) is 1. The summed E-state index contributed by atoms with van der Waals surface area (Å²) in [7, 11) is 0. The first kappa shape index (κ1) is 11.7. The van der Waals surface area contributed by atoms with E-state index in [0.29, 0.717) is 0 Å². The highest BCUT2D eigenvalue weighted by atomic mass is 35.5. The van der Waals surface area contributed by atoms with Crippen molar-refractivity contribution in [1.29, 1.82) is 0 Å². The van der Waals surface area contributed by atoms with E-state index in [1.807, 2.05) is 24.3 Å². The van der Waals surface area contributed by atoms with Gasteiger partial charge in [-0.2, -0.15) is 4.98 Å². The van der Waals surface area contributed by atoms with Crippen LogP contribution in [-0.4, -0.2) is 9.97 Å². The van der Waals surface area contributed by atoms with E-state index >= 15 is 0 Å². The largest absolute Gasteiger partial charge is 0.437 e. The minimum Gasteiger partial charge on any atom is -0.437 e. The molecule has 88 valence electrons. The van der Waals surface area contributed by atoms with Crippen LogP contribution >= 0.6 is 11.6 Å². The summed E-state index contributed by atoms with van der Waals surface area (Å²) in [4.78, 5) is 7.74. The lowest BCUT2D eigenvalue weighted by Gasteiger charge is -2.10. The SMILES string of the molecule is CCc1ccccc1Oc1ncnc(N)c1Cl. The van der Waals surface area contributed by atoms with Crippen LogP contribution < -0.4 is 10.5 Å². The van der Waals surface area contributed by atoms with E-state index in [4.69, 9.17) is 22.1 Å². The molecule has 0 saturated carbocycles. The zero-order chi connectivity index (χ0) is 12.3. The molecule has 0 bridgehead atoms. The topological polar surface area (TPSA) is 61.0 Å². The Balaban J connectivity index is 2.35. The summed E-state index contributed by atoms with van der Waals surface area (Å²) in [5, 5.41) is 0.235. The molecule has 0 unspecified atom stereocenters. The second-order valence-corrected chi connectivity index (χ2v) is 3.82. The Morgan fingerprint density at radius 3 is 2.82 bits per heavy atom. The Hall–Kier alpha value is -1.81. The maximum atomic E-state index is 5.96. The number of halogens is 1. The van der Waals surface area contributed by atoms with Gasteiger partial charge in [0, 0.05) is 0 Å². The summed E-state index contributed by atoms with van der Waals surface area (Å²) in [6.45, 7) is 2.05. The summed E-state index contributed by atoms with van der Waals surface area (Å²) in [6.07, 6.45) is 2.19. The van der Waals surface area contributed by atoms with Crippen molar-refractivity contribution >= 4 is 17.4 Å². The van der Waals surface area contributed by atoms with Crippen LogP contribution in [0.2, 0.25) is 5.02 Å². The van der Waals surface area contributed by atoms with Crippen molar-refractivity contribution < 1.29 is 4.74 Å². The second-order valence-electron chi connectivity index (χ2n) is 3.44. The van der Waals surface area contributed by atoms with Gasteiger partial charge in [0.1, 0.15) is 22.9 Å². The number of nitrogen functional groups attached to an aromatic ring is 1. The molecular weight excluding hydrogens is 238 g/mol. The predicted molar refractivity (Wildman–Crippen MR) is 67.3 cm³/mol. The Morgan fingerprint density at radius 2 is 2.06 bits per heavy atom. The number of hydrogen-bond acceptors (Lipinski definition) is 4. The molecule has 1 aromatic heterocycles. The molecule has 0 aliphatic heterocycles. The third-order valence-electron chi connectivity index (χ3n) is 2.34. The first-order valence-corrected chi connectivity index (χ1v) is 5.62. The van der Waals surface area contributed by atoms with Gasteiger partial charge >= 0.3 is 0 Å². The third-order valence-corrected chi connectivity index (χ3v) is 2.70. The molecule has 0 radical (unpaired) electrons. The van der Waals surface area contributed by atoms with Crippen LogP contribution in [0.4, 0.5) is 5.82 Å². The molecule has 0 atom stereocenters. The van der Waals surface area contributed by atoms with E-state index in [0.717, 1.165) is 17.7 Å². The summed E-state index contributed by atoms with van der Waals surface area (Å²) in [6, 6.07) is 7.72. The van der Waals surface area contributed by atoms with Gasteiger partial charge in [-0.15, -0.1) is 0 Å². The lowest BCUT2D eigenvalue weighted by Crippen LogP contribution is -1.97. The number of aromatic nitrogens is 2. The minimum atomic E-state index is 0.214. The number of aryl methyl sites for hydroxylation is 1. The first-order valence-electron chi connectivity index (χ1n) is 5.24. The van der Waals surface area contributed by atoms with E-state index in [2.05, 4.69) is 16.9 Å². The number of nitrogens with zero attached hydrogens (tertiary/aromatic N) is 2. The minimum absolute atomic E-state index is 0.214. The van der Waals surface area contributed by atoms with Gasteiger partial charge in [-0.05, 0) is 18.1 Å². The number of nitrogens with two attached hydrogens (primary N) is 1. The van der Waals surface area contributed by atoms with Crippen molar-refractivity contribution in [2.75, 3.05) is 5.73 Å². The van der Waals surface area contributed by atoms with Crippen molar-refractivity contribution in [2.24, 2.45) is 0 Å². The maximum absolute atomic E-state index is 5.96. The molecule has 0 amide bonds. The molecule has 0 aliphatic rings. The average Bonchev–Trinajstić information content (AvgIpc) is 2.35. The Morgan fingerprint density at radius 1 is 1.29 bits per heavy atom. The molecule has 4 nitrogen and oxygen atoms in total. The van der Waals surface area contributed by atoms with Crippen molar-refractivity contribution in [2.45, 2.75) is 13.3 Å². The summed E-state index contributed by atoms with van der Waals surface area (Å²) in [5.41, 5.74) is 6.67. The maximum Gasteiger partial charge on any atom is 0.243 e. The fourth-order valence-corrected chi connectivity index (χ4v) is 1.57. The van der Waals surface area contributed by atoms with Gasteiger partial charge in [0.15, 0.2) is 0 Å². The fraction of sp³-hybridized carbons (Fsp3) is 0.167. The summed E-state index contributed by atoms with van der Waals surface area (Å²) >= 11 is 5.96. The Kier molecular flexibility index (Phi) is 3.44. The van der Waals surface area contributed by atoms with Gasteiger partial charge in [0.25, 0.3) is 0 Å².